The summed E-state index contributed by atoms with van der Waals surface area (Å²) in [7, 11) is 0. The van der Waals surface area contributed by atoms with Crippen LogP contribution in [0, 0.1) is 0 Å². The van der Waals surface area contributed by atoms with Gasteiger partial charge in [-0.05, 0) is 24.3 Å². The third-order valence-corrected chi connectivity index (χ3v) is 4.64. The zero-order valence-corrected chi connectivity index (χ0v) is 12.2. The van der Waals surface area contributed by atoms with Gasteiger partial charge in [0, 0.05) is 30.1 Å². The lowest BCUT2D eigenvalue weighted by atomic mass is 10.1. The number of benzene rings is 2. The van der Waals surface area contributed by atoms with Gasteiger partial charge in [-0.1, -0.05) is 29.3 Å². The van der Waals surface area contributed by atoms with Crippen molar-refractivity contribution in [1.29, 1.82) is 0 Å². The highest BCUT2D eigenvalue weighted by molar-refractivity contribution is 7.80. The van der Waals surface area contributed by atoms with Crippen LogP contribution >= 0.6 is 47.2 Å². The van der Waals surface area contributed by atoms with Crippen molar-refractivity contribution in [2.24, 2.45) is 4.99 Å². The molecule has 2 aromatic carbocycles. The van der Waals surface area contributed by atoms with Gasteiger partial charge in [-0.2, -0.15) is 0 Å². The Morgan fingerprint density at radius 2 is 2.00 bits per heavy atom. The van der Waals surface area contributed by atoms with Crippen LogP contribution in [0.15, 0.2) is 40.2 Å². The Kier molecular flexibility index (Phi) is 3.24. The Bertz CT molecular complexity index is 777. The molecule has 0 amide bonds. The maximum absolute atomic E-state index is 6.01. The molecular formula is C13H7Cl2NS2. The summed E-state index contributed by atoms with van der Waals surface area (Å²) in [6.45, 7) is 0. The van der Waals surface area contributed by atoms with E-state index in [0.29, 0.717) is 0 Å². The summed E-state index contributed by atoms with van der Waals surface area (Å²) in [5, 5.41) is 3.00. The van der Waals surface area contributed by atoms with Crippen LogP contribution < -0.4 is 0 Å². The zero-order chi connectivity index (χ0) is 12.7. The van der Waals surface area contributed by atoms with Gasteiger partial charge in [-0.3, -0.25) is 0 Å². The first-order valence-corrected chi connectivity index (χ1v) is 7.25. The molecule has 5 heteroatoms. The summed E-state index contributed by atoms with van der Waals surface area (Å²) in [5.41, 5.74) is 2.03. The van der Waals surface area contributed by atoms with Crippen molar-refractivity contribution >= 4 is 78.7 Å². The molecule has 0 unspecified atom stereocenters. The van der Waals surface area contributed by atoms with Crippen LogP contribution in [0.5, 0.6) is 0 Å². The van der Waals surface area contributed by atoms with Crippen LogP contribution in [-0.2, 0) is 0 Å². The summed E-state index contributed by atoms with van der Waals surface area (Å²) in [6.07, 6.45) is 0. The summed E-state index contributed by atoms with van der Waals surface area (Å²) in [5.74, 6) is 0. The standard InChI is InChI=1S/C13H7Cl2NS2/c14-6-16-9-3-4-10-12(13(9)17)8-2-1-7(15)5-11(8)18-10/h1-6,17H. The lowest BCUT2D eigenvalue weighted by molar-refractivity contribution is 1.46. The lowest BCUT2D eigenvalue weighted by Gasteiger charge is -2.01. The molecule has 90 valence electrons. The Hall–Kier alpha value is -0.740. The molecule has 0 saturated heterocycles. The number of thiophene rings is 1. The second-order valence-electron chi connectivity index (χ2n) is 3.78. The van der Waals surface area contributed by atoms with Crippen LogP contribution in [0.1, 0.15) is 0 Å². The first-order valence-electron chi connectivity index (χ1n) is 5.17. The normalized spacial score (nSPS) is 11.9. The molecule has 3 aromatic rings. The van der Waals surface area contributed by atoms with Gasteiger partial charge in [0.1, 0.15) is 0 Å². The summed E-state index contributed by atoms with van der Waals surface area (Å²) >= 11 is 17.8. The summed E-state index contributed by atoms with van der Waals surface area (Å²) in [6, 6.07) is 9.83. The number of nitrogens with zero attached hydrogens (tertiary/aromatic N) is 1. The smallest absolute Gasteiger partial charge is 0.0934 e. The van der Waals surface area contributed by atoms with E-state index in [1.165, 1.54) is 10.4 Å². The molecule has 0 atom stereocenters. The highest BCUT2D eigenvalue weighted by Crippen LogP contribution is 2.41. The van der Waals surface area contributed by atoms with Crippen molar-refractivity contribution < 1.29 is 0 Å². The van der Waals surface area contributed by atoms with E-state index in [-0.39, 0.29) is 0 Å². The number of hydrogen-bond donors (Lipinski definition) is 1. The molecule has 1 aromatic heterocycles. The largest absolute Gasteiger partial charge is 0.243 e. The highest BCUT2D eigenvalue weighted by atomic mass is 35.5. The quantitative estimate of drug-likeness (QED) is 0.424. The first kappa shape index (κ1) is 12.3. The molecule has 1 nitrogen and oxygen atoms in total. The van der Waals surface area contributed by atoms with Gasteiger partial charge in [0.2, 0.25) is 0 Å². The minimum atomic E-state index is 0.744. The second-order valence-corrected chi connectivity index (χ2v) is 5.94. The average Bonchev–Trinajstić information content (AvgIpc) is 2.71. The maximum Gasteiger partial charge on any atom is 0.0934 e. The zero-order valence-electron chi connectivity index (χ0n) is 9.02. The Morgan fingerprint density at radius 3 is 2.78 bits per heavy atom. The van der Waals surface area contributed by atoms with Gasteiger partial charge in [-0.15, -0.1) is 24.0 Å². The molecule has 0 spiro atoms. The van der Waals surface area contributed by atoms with Gasteiger partial charge < -0.3 is 0 Å². The van der Waals surface area contributed by atoms with E-state index in [1.807, 2.05) is 30.3 Å². The molecule has 0 aliphatic rings. The Labute approximate surface area is 123 Å². The van der Waals surface area contributed by atoms with E-state index in [2.05, 4.69) is 17.6 Å². The summed E-state index contributed by atoms with van der Waals surface area (Å²) in [4.78, 5) is 4.95. The Morgan fingerprint density at radius 1 is 1.17 bits per heavy atom. The molecule has 0 aliphatic carbocycles. The van der Waals surface area contributed by atoms with E-state index in [9.17, 15) is 0 Å². The second kappa shape index (κ2) is 4.74. The van der Waals surface area contributed by atoms with E-state index in [4.69, 9.17) is 23.2 Å². The third-order valence-electron chi connectivity index (χ3n) is 2.74. The van der Waals surface area contributed by atoms with Crippen LogP contribution in [0.2, 0.25) is 5.02 Å². The number of aliphatic imine (C=N–C) groups is 1. The van der Waals surface area contributed by atoms with Crippen molar-refractivity contribution in [2.75, 3.05) is 0 Å². The van der Waals surface area contributed by atoms with Crippen molar-refractivity contribution in [3.63, 3.8) is 0 Å². The molecule has 3 rings (SSSR count). The number of fused-ring (bicyclic) bond motifs is 3. The Balaban J connectivity index is 2.45. The lowest BCUT2D eigenvalue weighted by Crippen LogP contribution is -1.73. The van der Waals surface area contributed by atoms with E-state index >= 15 is 0 Å². The molecule has 0 saturated carbocycles. The van der Waals surface area contributed by atoms with Gasteiger partial charge >= 0.3 is 0 Å². The van der Waals surface area contributed by atoms with Crippen LogP contribution in [0.4, 0.5) is 5.69 Å². The molecule has 1 heterocycles. The third kappa shape index (κ3) is 1.91. The van der Waals surface area contributed by atoms with Crippen LogP contribution in [0.25, 0.3) is 20.2 Å². The molecule has 18 heavy (non-hydrogen) atoms. The molecular weight excluding hydrogens is 305 g/mol. The fourth-order valence-corrected chi connectivity index (χ4v) is 3.91. The number of rotatable bonds is 1. The minimum absolute atomic E-state index is 0.744. The van der Waals surface area contributed by atoms with Crippen LogP contribution in [-0.4, -0.2) is 5.67 Å². The predicted octanol–water partition coefficient (Wildman–Crippen LogP) is 5.90. The molecule has 0 fully saturated rings. The summed E-state index contributed by atoms with van der Waals surface area (Å²) < 4.78 is 2.32. The van der Waals surface area contributed by atoms with Crippen molar-refractivity contribution in [2.45, 2.75) is 4.90 Å². The minimum Gasteiger partial charge on any atom is -0.243 e. The molecule has 0 aliphatic heterocycles. The fourth-order valence-electron chi connectivity index (χ4n) is 1.97. The van der Waals surface area contributed by atoms with Crippen LogP contribution in [0.3, 0.4) is 0 Å². The average molecular weight is 312 g/mol. The predicted molar refractivity (Wildman–Crippen MR) is 85.6 cm³/mol. The van der Waals surface area contributed by atoms with Gasteiger partial charge in [0.15, 0.2) is 0 Å². The first-order chi connectivity index (χ1) is 8.70. The molecule has 0 radical (unpaired) electrons. The number of hydrogen-bond acceptors (Lipinski definition) is 3. The SMILES string of the molecule is Sc1c(N=CCl)ccc2sc3cc(Cl)ccc3c12. The van der Waals surface area contributed by atoms with E-state index in [0.717, 1.165) is 31.1 Å². The van der Waals surface area contributed by atoms with E-state index < -0.39 is 0 Å². The molecule has 0 bridgehead atoms. The van der Waals surface area contributed by atoms with Gasteiger partial charge in [0.25, 0.3) is 0 Å². The van der Waals surface area contributed by atoms with Gasteiger partial charge in [-0.25, -0.2) is 4.99 Å². The van der Waals surface area contributed by atoms with Crippen molar-refractivity contribution in [3.8, 4) is 0 Å². The van der Waals surface area contributed by atoms with E-state index in [1.54, 1.807) is 11.3 Å². The number of thiol groups is 1. The monoisotopic (exact) mass is 311 g/mol. The highest BCUT2D eigenvalue weighted by Gasteiger charge is 2.10. The van der Waals surface area contributed by atoms with Crippen molar-refractivity contribution in [3.05, 3.63) is 35.4 Å². The number of halogens is 2. The van der Waals surface area contributed by atoms with Crippen molar-refractivity contribution in [1.82, 2.24) is 0 Å². The topological polar surface area (TPSA) is 12.4 Å². The molecule has 0 N–H and O–H groups in total. The maximum atomic E-state index is 6.01. The fraction of sp³-hybridized carbons (Fsp3) is 0. The van der Waals surface area contributed by atoms with Gasteiger partial charge in [0.05, 0.1) is 11.4 Å².